The third-order valence-electron chi connectivity index (χ3n) is 4.39. The van der Waals surface area contributed by atoms with Gasteiger partial charge in [-0.1, -0.05) is 33.6 Å². The van der Waals surface area contributed by atoms with E-state index in [4.69, 9.17) is 16.3 Å². The molecule has 0 radical (unpaired) electrons. The van der Waals surface area contributed by atoms with E-state index in [0.717, 1.165) is 22.9 Å². The van der Waals surface area contributed by atoms with Gasteiger partial charge in [-0.05, 0) is 49.3 Å². The summed E-state index contributed by atoms with van der Waals surface area (Å²) in [5.74, 6) is -0.353. The van der Waals surface area contributed by atoms with E-state index < -0.39 is 11.4 Å². The maximum Gasteiger partial charge on any atom is 0.312 e. The van der Waals surface area contributed by atoms with Crippen LogP contribution in [0.5, 0.6) is 0 Å². The lowest BCUT2D eigenvalue weighted by Gasteiger charge is -2.30. The van der Waals surface area contributed by atoms with Crippen LogP contribution >= 0.6 is 27.5 Å². The summed E-state index contributed by atoms with van der Waals surface area (Å²) in [6.07, 6.45) is 2.99. The number of carboxylic acid groups (broad SMARTS) is 1. The van der Waals surface area contributed by atoms with Gasteiger partial charge in [0.15, 0.2) is 0 Å². The van der Waals surface area contributed by atoms with Crippen LogP contribution in [0.3, 0.4) is 0 Å². The third kappa shape index (κ3) is 2.49. The normalized spacial score (nSPS) is 29.6. The maximum atomic E-state index is 11.9. The molecule has 1 saturated heterocycles. The topological polar surface area (TPSA) is 46.5 Å². The number of ether oxygens (including phenoxy) is 1. The van der Waals surface area contributed by atoms with Gasteiger partial charge in [-0.25, -0.2) is 0 Å². The average Bonchev–Trinajstić information content (AvgIpc) is 3.14. The zero-order valence-corrected chi connectivity index (χ0v) is 13.3. The van der Waals surface area contributed by atoms with Crippen molar-refractivity contribution in [1.82, 2.24) is 0 Å². The van der Waals surface area contributed by atoms with Gasteiger partial charge in [0.1, 0.15) is 5.41 Å². The van der Waals surface area contributed by atoms with Crippen molar-refractivity contribution in [2.45, 2.75) is 31.8 Å². The van der Waals surface area contributed by atoms with E-state index >= 15 is 0 Å². The Balaban J connectivity index is 1.92. The quantitative estimate of drug-likeness (QED) is 0.886. The fourth-order valence-corrected chi connectivity index (χ4v) is 3.89. The largest absolute Gasteiger partial charge is 0.481 e. The van der Waals surface area contributed by atoms with Gasteiger partial charge in [0.05, 0.1) is 6.10 Å². The van der Waals surface area contributed by atoms with E-state index in [9.17, 15) is 9.90 Å². The first-order valence-corrected chi connectivity index (χ1v) is 7.99. The van der Waals surface area contributed by atoms with Crippen molar-refractivity contribution in [3.8, 4) is 0 Å². The molecule has 1 aliphatic heterocycles. The van der Waals surface area contributed by atoms with Gasteiger partial charge in [0.2, 0.25) is 0 Å². The molecule has 0 amide bonds. The summed E-state index contributed by atoms with van der Waals surface area (Å²) in [6.45, 7) is 0.529. The van der Waals surface area contributed by atoms with Crippen LogP contribution in [-0.2, 0) is 16.0 Å². The highest BCUT2D eigenvalue weighted by Gasteiger charge is 2.55. The molecular weight excluding hydrogens is 344 g/mol. The van der Waals surface area contributed by atoms with Gasteiger partial charge in [-0.2, -0.15) is 0 Å². The fraction of sp³-hybridized carbons (Fsp3) is 0.533. The van der Waals surface area contributed by atoms with Crippen molar-refractivity contribution in [2.75, 3.05) is 6.61 Å². The second-order valence-corrected chi connectivity index (χ2v) is 7.08. The molecule has 2 atom stereocenters. The summed E-state index contributed by atoms with van der Waals surface area (Å²) in [5, 5.41) is 10.4. The standard InChI is InChI=1S/C15H16BrClO3/c16-11-4-3-10(12(17)7-11)8-15(14(18)19)5-6-20-13(15)9-1-2-9/h3-4,7,9,13H,1-2,5-6,8H2,(H,18,19). The van der Waals surface area contributed by atoms with Gasteiger partial charge >= 0.3 is 5.97 Å². The van der Waals surface area contributed by atoms with Gasteiger partial charge in [-0.15, -0.1) is 0 Å². The number of carbonyl (C=O) groups is 1. The minimum absolute atomic E-state index is 0.167. The summed E-state index contributed by atoms with van der Waals surface area (Å²) in [7, 11) is 0. The van der Waals surface area contributed by atoms with Crippen LogP contribution in [0.25, 0.3) is 0 Å². The zero-order chi connectivity index (χ0) is 14.3. The molecule has 3 rings (SSSR count). The summed E-state index contributed by atoms with van der Waals surface area (Å²) < 4.78 is 6.66. The van der Waals surface area contributed by atoms with Gasteiger partial charge in [0, 0.05) is 16.1 Å². The lowest BCUT2D eigenvalue weighted by atomic mass is 9.74. The molecule has 1 saturated carbocycles. The first-order chi connectivity index (χ1) is 9.53. The second-order valence-electron chi connectivity index (χ2n) is 5.75. The summed E-state index contributed by atoms with van der Waals surface area (Å²) in [6, 6.07) is 5.62. The highest BCUT2D eigenvalue weighted by Crippen LogP contribution is 2.50. The highest BCUT2D eigenvalue weighted by molar-refractivity contribution is 9.10. The fourth-order valence-electron chi connectivity index (χ4n) is 3.15. The Kier molecular flexibility index (Phi) is 3.82. The molecule has 1 N–H and O–H groups in total. The van der Waals surface area contributed by atoms with Crippen molar-refractivity contribution in [1.29, 1.82) is 0 Å². The number of benzene rings is 1. The van der Waals surface area contributed by atoms with Gasteiger partial charge < -0.3 is 9.84 Å². The Hall–Kier alpha value is -0.580. The molecule has 1 aromatic carbocycles. The van der Waals surface area contributed by atoms with Crippen molar-refractivity contribution >= 4 is 33.5 Å². The van der Waals surface area contributed by atoms with Crippen LogP contribution in [0, 0.1) is 11.3 Å². The molecule has 1 heterocycles. The Bertz CT molecular complexity index is 544. The molecule has 1 aromatic rings. The maximum absolute atomic E-state index is 11.9. The SMILES string of the molecule is O=C(O)C1(Cc2ccc(Br)cc2Cl)CCOC1C1CC1. The predicted molar refractivity (Wildman–Crippen MR) is 80.0 cm³/mol. The number of carboxylic acids is 1. The molecule has 3 nitrogen and oxygen atoms in total. The van der Waals surface area contributed by atoms with Crippen molar-refractivity contribution < 1.29 is 14.6 Å². The number of hydrogen-bond acceptors (Lipinski definition) is 2. The first kappa shape index (κ1) is 14.4. The Labute approximate surface area is 131 Å². The van der Waals surface area contributed by atoms with Gasteiger partial charge in [-0.3, -0.25) is 4.79 Å². The number of halogens is 2. The molecule has 2 fully saturated rings. The van der Waals surface area contributed by atoms with Crippen LogP contribution in [-0.4, -0.2) is 23.8 Å². The van der Waals surface area contributed by atoms with Crippen molar-refractivity contribution in [3.63, 3.8) is 0 Å². The van der Waals surface area contributed by atoms with E-state index in [0.29, 0.717) is 30.4 Å². The first-order valence-electron chi connectivity index (χ1n) is 6.82. The summed E-state index contributed by atoms with van der Waals surface area (Å²) in [4.78, 5) is 11.9. The minimum Gasteiger partial charge on any atom is -0.481 e. The third-order valence-corrected chi connectivity index (χ3v) is 5.23. The molecule has 2 unspecified atom stereocenters. The number of aliphatic carboxylic acids is 1. The van der Waals surface area contributed by atoms with E-state index in [1.165, 1.54) is 0 Å². The second kappa shape index (κ2) is 5.32. The number of hydrogen-bond donors (Lipinski definition) is 1. The Morgan fingerprint density at radius 1 is 1.50 bits per heavy atom. The van der Waals surface area contributed by atoms with E-state index in [-0.39, 0.29) is 6.10 Å². The molecule has 20 heavy (non-hydrogen) atoms. The zero-order valence-electron chi connectivity index (χ0n) is 10.9. The molecule has 108 valence electrons. The van der Waals surface area contributed by atoms with E-state index in [1.807, 2.05) is 18.2 Å². The lowest BCUT2D eigenvalue weighted by molar-refractivity contribution is -0.153. The van der Waals surface area contributed by atoms with Gasteiger partial charge in [0.25, 0.3) is 0 Å². The lowest BCUT2D eigenvalue weighted by Crippen LogP contribution is -2.42. The van der Waals surface area contributed by atoms with Crippen LogP contribution < -0.4 is 0 Å². The monoisotopic (exact) mass is 358 g/mol. The van der Waals surface area contributed by atoms with Crippen LogP contribution in [0.4, 0.5) is 0 Å². The highest BCUT2D eigenvalue weighted by atomic mass is 79.9. The molecule has 2 aliphatic rings. The molecular formula is C15H16BrClO3. The Morgan fingerprint density at radius 3 is 2.85 bits per heavy atom. The van der Waals surface area contributed by atoms with E-state index in [1.54, 1.807) is 0 Å². The molecule has 1 aliphatic carbocycles. The smallest absolute Gasteiger partial charge is 0.312 e. The minimum atomic E-state index is -0.821. The number of rotatable bonds is 4. The summed E-state index contributed by atoms with van der Waals surface area (Å²) in [5.41, 5.74) is 0.0620. The van der Waals surface area contributed by atoms with Crippen molar-refractivity contribution in [2.24, 2.45) is 11.3 Å². The predicted octanol–water partition coefficient (Wildman–Crippen LogP) is 3.91. The van der Waals surface area contributed by atoms with Crippen molar-refractivity contribution in [3.05, 3.63) is 33.3 Å². The molecule has 5 heteroatoms. The van der Waals surface area contributed by atoms with E-state index in [2.05, 4.69) is 15.9 Å². The summed E-state index contributed by atoms with van der Waals surface area (Å²) >= 11 is 9.62. The average molecular weight is 360 g/mol. The van der Waals surface area contributed by atoms with Crippen LogP contribution in [0.2, 0.25) is 5.02 Å². The molecule has 0 bridgehead atoms. The molecule has 0 spiro atoms. The van der Waals surface area contributed by atoms with Crippen LogP contribution in [0.15, 0.2) is 22.7 Å². The molecule has 0 aromatic heterocycles. The van der Waals surface area contributed by atoms with Crippen LogP contribution in [0.1, 0.15) is 24.8 Å². The Morgan fingerprint density at radius 2 is 2.25 bits per heavy atom.